The van der Waals surface area contributed by atoms with Crippen LogP contribution in [-0.4, -0.2) is 38.3 Å². The Balaban J connectivity index is 1.92. The lowest BCUT2D eigenvalue weighted by atomic mass is 10.1. The summed E-state index contributed by atoms with van der Waals surface area (Å²) >= 11 is 0. The third kappa shape index (κ3) is 4.43. The van der Waals surface area contributed by atoms with E-state index < -0.39 is 0 Å². The molecule has 0 unspecified atom stereocenters. The summed E-state index contributed by atoms with van der Waals surface area (Å²) in [4.78, 5) is 32.4. The Morgan fingerprint density at radius 3 is 2.54 bits per heavy atom. The first-order valence-corrected chi connectivity index (χ1v) is 10.0. The molecule has 6 heteroatoms. The van der Waals surface area contributed by atoms with Crippen molar-refractivity contribution in [3.05, 3.63) is 53.1 Å². The third-order valence-electron chi connectivity index (χ3n) is 4.90. The molecule has 0 spiro atoms. The van der Waals surface area contributed by atoms with E-state index in [4.69, 9.17) is 0 Å². The number of carbonyl (C=O) groups is 2. The second-order valence-electron chi connectivity index (χ2n) is 8.35. The van der Waals surface area contributed by atoms with Crippen molar-refractivity contribution in [1.82, 2.24) is 19.8 Å². The molecule has 2 aromatic rings. The minimum atomic E-state index is -0.356. The van der Waals surface area contributed by atoms with Gasteiger partial charge in [0.25, 0.3) is 11.8 Å². The van der Waals surface area contributed by atoms with E-state index in [1.165, 1.54) is 0 Å². The van der Waals surface area contributed by atoms with Crippen molar-refractivity contribution in [2.75, 3.05) is 6.54 Å². The number of hydrogen-bond acceptors (Lipinski definition) is 3. The molecule has 1 aliphatic heterocycles. The summed E-state index contributed by atoms with van der Waals surface area (Å²) in [5, 5.41) is 2.97. The fraction of sp³-hybridized carbons (Fsp3) is 0.500. The van der Waals surface area contributed by atoms with Gasteiger partial charge in [-0.1, -0.05) is 30.3 Å². The van der Waals surface area contributed by atoms with Crippen LogP contribution in [0, 0.1) is 0 Å². The number of amides is 2. The molecule has 0 saturated heterocycles. The van der Waals surface area contributed by atoms with Crippen molar-refractivity contribution in [1.29, 1.82) is 0 Å². The Bertz CT molecular complexity index is 849. The van der Waals surface area contributed by atoms with Crippen LogP contribution in [0.3, 0.4) is 0 Å². The first-order valence-electron chi connectivity index (χ1n) is 10.0. The minimum Gasteiger partial charge on any atom is -0.345 e. The quantitative estimate of drug-likeness (QED) is 0.862. The first-order chi connectivity index (χ1) is 13.3. The van der Waals surface area contributed by atoms with E-state index in [0.717, 1.165) is 37.1 Å². The summed E-state index contributed by atoms with van der Waals surface area (Å²) < 4.78 is 1.94. The monoisotopic (exact) mass is 382 g/mol. The lowest BCUT2D eigenvalue weighted by molar-refractivity contribution is 0.0745. The number of aromatic nitrogens is 2. The molecule has 1 aromatic carbocycles. The largest absolute Gasteiger partial charge is 0.345 e. The Morgan fingerprint density at radius 2 is 1.89 bits per heavy atom. The molecule has 1 aromatic heterocycles. The predicted molar refractivity (Wildman–Crippen MR) is 109 cm³/mol. The van der Waals surface area contributed by atoms with Gasteiger partial charge in [0.1, 0.15) is 5.69 Å². The molecule has 0 atom stereocenters. The number of benzene rings is 1. The Kier molecular flexibility index (Phi) is 5.87. The highest BCUT2D eigenvalue weighted by Gasteiger charge is 2.30. The zero-order chi connectivity index (χ0) is 20.3. The molecule has 6 nitrogen and oxygen atoms in total. The van der Waals surface area contributed by atoms with Crippen LogP contribution in [-0.2, 0) is 19.5 Å². The van der Waals surface area contributed by atoms with Crippen LogP contribution < -0.4 is 5.32 Å². The predicted octanol–water partition coefficient (Wildman–Crippen LogP) is 3.41. The molecule has 1 N–H and O–H groups in total. The van der Waals surface area contributed by atoms with Gasteiger partial charge in [-0.25, -0.2) is 4.98 Å². The molecular formula is C22H30N4O2. The van der Waals surface area contributed by atoms with E-state index in [0.29, 0.717) is 24.6 Å². The molecular weight excluding hydrogens is 352 g/mol. The normalized spacial score (nSPS) is 13.7. The van der Waals surface area contributed by atoms with Crippen molar-refractivity contribution in [2.45, 2.75) is 65.6 Å². The number of nitrogens with zero attached hydrogens (tertiary/aromatic N) is 3. The van der Waals surface area contributed by atoms with Crippen molar-refractivity contribution in [3.63, 3.8) is 0 Å². The van der Waals surface area contributed by atoms with Gasteiger partial charge in [-0.05, 0) is 52.5 Å². The highest BCUT2D eigenvalue weighted by molar-refractivity contribution is 5.97. The van der Waals surface area contributed by atoms with Gasteiger partial charge in [0.05, 0.1) is 5.69 Å². The summed E-state index contributed by atoms with van der Waals surface area (Å²) in [6, 6.07) is 9.94. The molecule has 28 heavy (non-hydrogen) atoms. The number of nitrogens with one attached hydrogen (secondary N) is 1. The van der Waals surface area contributed by atoms with E-state index in [1.807, 2.05) is 62.6 Å². The van der Waals surface area contributed by atoms with Crippen LogP contribution >= 0.6 is 0 Å². The van der Waals surface area contributed by atoms with Crippen molar-refractivity contribution < 1.29 is 9.59 Å². The topological polar surface area (TPSA) is 67.2 Å². The van der Waals surface area contributed by atoms with Crippen molar-refractivity contribution >= 4 is 11.8 Å². The Hall–Kier alpha value is -2.63. The van der Waals surface area contributed by atoms with Gasteiger partial charge < -0.3 is 14.8 Å². The van der Waals surface area contributed by atoms with Gasteiger partial charge in [0.15, 0.2) is 5.82 Å². The van der Waals surface area contributed by atoms with Gasteiger partial charge in [-0.3, -0.25) is 9.59 Å². The molecule has 0 fully saturated rings. The number of hydrogen-bond donors (Lipinski definition) is 1. The zero-order valence-corrected chi connectivity index (χ0v) is 17.3. The lowest BCUT2D eigenvalue weighted by Crippen LogP contribution is -2.42. The van der Waals surface area contributed by atoms with Gasteiger partial charge in [0, 0.05) is 25.2 Å². The molecule has 1 aliphatic rings. The van der Waals surface area contributed by atoms with Crippen LogP contribution in [0.1, 0.15) is 72.9 Å². The van der Waals surface area contributed by atoms with Gasteiger partial charge in [-0.2, -0.15) is 0 Å². The second-order valence-corrected chi connectivity index (χ2v) is 8.35. The fourth-order valence-electron chi connectivity index (χ4n) is 3.56. The van der Waals surface area contributed by atoms with Crippen LogP contribution in [0.4, 0.5) is 0 Å². The van der Waals surface area contributed by atoms with E-state index in [9.17, 15) is 9.59 Å². The fourth-order valence-corrected chi connectivity index (χ4v) is 3.56. The molecule has 150 valence electrons. The van der Waals surface area contributed by atoms with Gasteiger partial charge in [0.2, 0.25) is 0 Å². The summed E-state index contributed by atoms with van der Waals surface area (Å²) in [5.74, 6) is 0.0244. The Morgan fingerprint density at radius 1 is 1.18 bits per heavy atom. The highest BCUT2D eigenvalue weighted by atomic mass is 16.2. The number of carbonyl (C=O) groups excluding carboxylic acids is 2. The van der Waals surface area contributed by atoms with Gasteiger partial charge >= 0.3 is 0 Å². The number of imidazole rings is 1. The number of rotatable bonds is 5. The Labute approximate surface area is 166 Å². The summed E-state index contributed by atoms with van der Waals surface area (Å²) in [5.41, 5.74) is 2.04. The van der Waals surface area contributed by atoms with Gasteiger partial charge in [-0.15, -0.1) is 0 Å². The maximum atomic E-state index is 13.3. The zero-order valence-electron chi connectivity index (χ0n) is 17.3. The average Bonchev–Trinajstić information content (AvgIpc) is 3.05. The molecule has 2 amide bonds. The van der Waals surface area contributed by atoms with Crippen LogP contribution in [0.15, 0.2) is 30.3 Å². The van der Waals surface area contributed by atoms with Crippen molar-refractivity contribution in [3.8, 4) is 0 Å². The standard InChI is InChI=1S/C22H30N4O2/c1-5-25(15-16-11-7-6-8-12-16)21(28)18-17-13-9-10-14-26(17)19(23-18)20(27)24-22(2,3)4/h6-8,11-12H,5,9-10,13-15H2,1-4H3,(H,24,27). The van der Waals surface area contributed by atoms with E-state index in [-0.39, 0.29) is 17.4 Å². The SMILES string of the molecule is CCN(Cc1ccccc1)C(=O)c1nc(C(=O)NC(C)(C)C)n2c1CCCC2. The first kappa shape index (κ1) is 20.1. The molecule has 0 bridgehead atoms. The van der Waals surface area contributed by atoms with Crippen LogP contribution in [0.25, 0.3) is 0 Å². The molecule has 0 radical (unpaired) electrons. The minimum absolute atomic E-state index is 0.105. The average molecular weight is 383 g/mol. The van der Waals surface area contributed by atoms with Crippen molar-refractivity contribution in [2.24, 2.45) is 0 Å². The highest BCUT2D eigenvalue weighted by Crippen LogP contribution is 2.23. The summed E-state index contributed by atoms with van der Waals surface area (Å²) in [6.45, 7) is 9.64. The molecule has 0 saturated carbocycles. The third-order valence-corrected chi connectivity index (χ3v) is 4.90. The van der Waals surface area contributed by atoms with Crippen LogP contribution in [0.2, 0.25) is 0 Å². The maximum absolute atomic E-state index is 13.3. The molecule has 2 heterocycles. The lowest BCUT2D eigenvalue weighted by Gasteiger charge is -2.22. The second kappa shape index (κ2) is 8.17. The van der Waals surface area contributed by atoms with E-state index >= 15 is 0 Å². The molecule has 3 rings (SSSR count). The van der Waals surface area contributed by atoms with E-state index in [1.54, 1.807) is 4.90 Å². The molecule has 0 aliphatic carbocycles. The smallest absolute Gasteiger partial charge is 0.287 e. The summed E-state index contributed by atoms with van der Waals surface area (Å²) in [6.07, 6.45) is 2.78. The maximum Gasteiger partial charge on any atom is 0.287 e. The number of fused-ring (bicyclic) bond motifs is 1. The van der Waals surface area contributed by atoms with E-state index in [2.05, 4.69) is 10.3 Å². The van der Waals surface area contributed by atoms with Crippen LogP contribution in [0.5, 0.6) is 0 Å². The summed E-state index contributed by atoms with van der Waals surface area (Å²) in [7, 11) is 0.